The van der Waals surface area contributed by atoms with Crippen LogP contribution in [0.2, 0.25) is 5.02 Å². The van der Waals surface area contributed by atoms with Gasteiger partial charge in [-0.25, -0.2) is 17.6 Å². The van der Waals surface area contributed by atoms with Gasteiger partial charge in [0.1, 0.15) is 11.9 Å². The molecule has 1 aliphatic heterocycles. The molecule has 2 aromatic heterocycles. The summed E-state index contributed by atoms with van der Waals surface area (Å²) >= 11 is 7.38. The molecule has 0 radical (unpaired) electrons. The van der Waals surface area contributed by atoms with E-state index in [1.54, 1.807) is 18.4 Å². The number of carbonyl (C=O) groups is 1. The average Bonchev–Trinajstić information content (AvgIpc) is 3.42. The summed E-state index contributed by atoms with van der Waals surface area (Å²) in [6.07, 6.45) is 4.18. The van der Waals surface area contributed by atoms with Crippen LogP contribution >= 0.6 is 22.9 Å². The molecule has 1 amide bonds. The molecule has 1 aliphatic rings. The number of thiophene rings is 1. The highest BCUT2D eigenvalue weighted by Gasteiger charge is 2.38. The highest BCUT2D eigenvalue weighted by atomic mass is 35.5. The molecular formula is C21H23ClFN5O2S2. The molecule has 3 aromatic rings. The molecule has 0 aliphatic carbocycles. The molecule has 11 heteroatoms. The highest BCUT2D eigenvalue weighted by molar-refractivity contribution is 7.96. The third-order valence-electron chi connectivity index (χ3n) is 5.39. The van der Waals surface area contributed by atoms with Gasteiger partial charge in [-0.2, -0.15) is 5.10 Å². The molecule has 7 nitrogen and oxygen atoms in total. The molecule has 1 aromatic carbocycles. The van der Waals surface area contributed by atoms with Gasteiger partial charge in [0.2, 0.25) is 5.91 Å². The van der Waals surface area contributed by atoms with E-state index in [4.69, 9.17) is 11.6 Å². The highest BCUT2D eigenvalue weighted by Crippen LogP contribution is 2.36. The van der Waals surface area contributed by atoms with Crippen LogP contribution in [0.1, 0.15) is 24.3 Å². The first-order valence-electron chi connectivity index (χ1n) is 9.94. The number of anilines is 1. The van der Waals surface area contributed by atoms with Crippen LogP contribution in [0.25, 0.3) is 10.4 Å². The third-order valence-corrected chi connectivity index (χ3v) is 8.77. The predicted octanol–water partition coefficient (Wildman–Crippen LogP) is 3.94. The molecule has 3 heterocycles. The van der Waals surface area contributed by atoms with E-state index in [0.717, 1.165) is 21.9 Å². The van der Waals surface area contributed by atoms with Crippen LogP contribution < -0.4 is 10.0 Å². The van der Waals surface area contributed by atoms with Crippen LogP contribution in [0.5, 0.6) is 0 Å². The fourth-order valence-electron chi connectivity index (χ4n) is 3.54. The smallest absolute Gasteiger partial charge is 0.242 e. The van der Waals surface area contributed by atoms with Gasteiger partial charge in [0, 0.05) is 40.8 Å². The van der Waals surface area contributed by atoms with Gasteiger partial charge in [-0.3, -0.25) is 9.48 Å². The van der Waals surface area contributed by atoms with Crippen molar-refractivity contribution in [2.75, 3.05) is 12.4 Å². The Bertz CT molecular complexity index is 1260. The van der Waals surface area contributed by atoms with Crippen LogP contribution in [0.15, 0.2) is 42.7 Å². The van der Waals surface area contributed by atoms with E-state index in [1.165, 1.54) is 22.5 Å². The molecule has 170 valence electrons. The lowest BCUT2D eigenvalue weighted by Gasteiger charge is -2.39. The number of rotatable bonds is 5. The van der Waals surface area contributed by atoms with E-state index in [1.807, 2.05) is 36.1 Å². The van der Waals surface area contributed by atoms with E-state index in [2.05, 4.69) is 21.0 Å². The number of halogens is 2. The maximum atomic E-state index is 13.4. The number of nitrogens with one attached hydrogen (secondary N) is 2. The Labute approximate surface area is 195 Å². The monoisotopic (exact) mass is 495 g/mol. The van der Waals surface area contributed by atoms with Crippen molar-refractivity contribution < 1.29 is 13.4 Å². The summed E-state index contributed by atoms with van der Waals surface area (Å²) in [5.74, 6) is 2.89. The Morgan fingerprint density at radius 2 is 2.22 bits per heavy atom. The van der Waals surface area contributed by atoms with E-state index >= 15 is 0 Å². The Kier molecular flexibility index (Phi) is 6.42. The Morgan fingerprint density at radius 3 is 2.91 bits per heavy atom. The minimum atomic E-state index is -2.89. The predicted molar refractivity (Wildman–Crippen MR) is 129 cm³/mol. The molecule has 32 heavy (non-hydrogen) atoms. The van der Waals surface area contributed by atoms with Gasteiger partial charge in [0.05, 0.1) is 27.2 Å². The van der Waals surface area contributed by atoms with Gasteiger partial charge >= 0.3 is 0 Å². The van der Waals surface area contributed by atoms with Gasteiger partial charge in [-0.1, -0.05) is 11.6 Å². The number of aromatic nitrogens is 2. The molecule has 3 atom stereocenters. The number of hydrogen-bond donors (Lipinski definition) is 2. The number of nitrogens with zero attached hydrogens (tertiary/aromatic N) is 3. The Hall–Kier alpha value is -2.24. The van der Waals surface area contributed by atoms with Crippen molar-refractivity contribution in [2.45, 2.75) is 32.0 Å². The number of hydrogen-bond acceptors (Lipinski definition) is 4. The zero-order valence-corrected chi connectivity index (χ0v) is 19.9. The second kappa shape index (κ2) is 8.95. The van der Waals surface area contributed by atoms with Crippen molar-refractivity contribution in [3.05, 3.63) is 58.4 Å². The van der Waals surface area contributed by atoms with Gasteiger partial charge < -0.3 is 5.32 Å². The number of benzene rings is 1. The lowest BCUT2D eigenvalue weighted by Crippen LogP contribution is -2.55. The van der Waals surface area contributed by atoms with E-state index in [0.29, 0.717) is 12.1 Å². The van der Waals surface area contributed by atoms with Gasteiger partial charge in [0.25, 0.3) is 0 Å². The molecule has 1 saturated heterocycles. The van der Waals surface area contributed by atoms with Crippen LogP contribution in [0.3, 0.4) is 0 Å². The second-order valence-corrected chi connectivity index (χ2v) is 11.1. The topological polar surface area (TPSA) is 79.3 Å². The molecule has 3 unspecified atom stereocenters. The maximum absolute atomic E-state index is 13.4. The largest absolute Gasteiger partial charge is 0.325 e. The molecule has 0 spiro atoms. The first kappa shape index (κ1) is 22.9. The summed E-state index contributed by atoms with van der Waals surface area (Å²) in [6, 6.07) is 6.91. The Balaban J connectivity index is 1.56. The number of likely N-dealkylation sites (N-methyl/N-ethyl adjacent to an activating group) is 1. The summed E-state index contributed by atoms with van der Waals surface area (Å²) in [4.78, 5) is 15.0. The summed E-state index contributed by atoms with van der Waals surface area (Å²) < 4.78 is 33.0. The lowest BCUT2D eigenvalue weighted by molar-refractivity contribution is -0.120. The molecule has 2 N–H and O–H groups in total. The fraction of sp³-hybridized carbons (Fsp3) is 0.286. The van der Waals surface area contributed by atoms with Crippen molar-refractivity contribution >= 4 is 50.3 Å². The normalized spacial score (nSPS) is 23.9. The lowest BCUT2D eigenvalue weighted by atomic mass is 10.1. The first-order chi connectivity index (χ1) is 15.2. The van der Waals surface area contributed by atoms with Crippen LogP contribution in [-0.2, 0) is 21.2 Å². The van der Waals surface area contributed by atoms with E-state index in [9.17, 15) is 13.4 Å². The van der Waals surface area contributed by atoms with Gasteiger partial charge in [-0.05, 0) is 49.5 Å². The van der Waals surface area contributed by atoms with Crippen molar-refractivity contribution in [3.63, 3.8) is 0 Å². The van der Waals surface area contributed by atoms with Crippen LogP contribution in [0, 0.1) is 5.82 Å². The zero-order valence-electron chi connectivity index (χ0n) is 17.5. The summed E-state index contributed by atoms with van der Waals surface area (Å²) in [6.45, 7) is 2.81. The maximum Gasteiger partial charge on any atom is 0.242 e. The van der Waals surface area contributed by atoms with E-state index < -0.39 is 21.8 Å². The van der Waals surface area contributed by atoms with Crippen molar-refractivity contribution in [1.82, 2.24) is 18.8 Å². The van der Waals surface area contributed by atoms with Crippen molar-refractivity contribution in [2.24, 2.45) is 0 Å². The van der Waals surface area contributed by atoms with Crippen molar-refractivity contribution in [3.8, 4) is 10.4 Å². The quantitative estimate of drug-likeness (QED) is 0.526. The molecule has 1 fully saturated rings. The minimum Gasteiger partial charge on any atom is -0.325 e. The third kappa shape index (κ3) is 4.60. The number of carbonyl (C=O) groups excluding carboxylic acids is 1. The van der Waals surface area contributed by atoms with Crippen LogP contribution in [-0.4, -0.2) is 43.2 Å². The van der Waals surface area contributed by atoms with Crippen LogP contribution in [0.4, 0.5) is 10.1 Å². The van der Waals surface area contributed by atoms with E-state index in [-0.39, 0.29) is 17.0 Å². The van der Waals surface area contributed by atoms with Crippen molar-refractivity contribution in [1.29, 1.82) is 0 Å². The molecular weight excluding hydrogens is 473 g/mol. The zero-order chi connectivity index (χ0) is 23.0. The molecule has 0 saturated carbocycles. The Morgan fingerprint density at radius 1 is 1.44 bits per heavy atom. The average molecular weight is 496 g/mol. The number of aryl methyl sites for hydroxylation is 1. The second-order valence-electron chi connectivity index (χ2n) is 7.51. The first-order valence-corrected chi connectivity index (χ1v) is 12.8. The molecule has 0 bridgehead atoms. The van der Waals surface area contributed by atoms with Gasteiger partial charge in [-0.15, -0.1) is 11.3 Å². The number of amides is 1. The SMILES string of the molecule is C=S1(=O)NC(c2ccc(-c3cnn(CC)c3)s2)CC(C(=O)Nc2ccc(F)c(Cl)c2)N1C. The fourth-order valence-corrected chi connectivity index (χ4v) is 6.26. The summed E-state index contributed by atoms with van der Waals surface area (Å²) in [5.41, 5.74) is 1.38. The molecule has 4 rings (SSSR count). The van der Waals surface area contributed by atoms with Gasteiger partial charge in [0.15, 0.2) is 0 Å². The standard InChI is InChI=1S/C21H23ClFN5O2S2/c1-4-28-12-13(11-24-28)19-7-8-20(31-19)17-10-18(27(2)32(3,30)26-17)21(29)25-14-5-6-16(23)15(22)9-14/h5-9,11-12,17-18H,3-4,10H2,1-2H3,(H,25,29)(H,26,30). The summed E-state index contributed by atoms with van der Waals surface area (Å²) in [5, 5.41) is 6.97. The summed E-state index contributed by atoms with van der Waals surface area (Å²) in [7, 11) is -1.29. The minimum absolute atomic E-state index is 0.0854.